The number of ether oxygens (including phenoxy) is 1. The van der Waals surface area contributed by atoms with Gasteiger partial charge in [-0.25, -0.2) is 4.79 Å². The normalized spacial score (nSPS) is 20.9. The number of nitrogens with two attached hydrogens (primary N) is 1. The first-order valence-corrected chi connectivity index (χ1v) is 4.50. The van der Waals surface area contributed by atoms with Crippen LogP contribution < -0.4 is 11.1 Å². The van der Waals surface area contributed by atoms with E-state index in [1.54, 1.807) is 11.9 Å². The zero-order valence-corrected chi connectivity index (χ0v) is 8.16. The molecule has 6 nitrogen and oxygen atoms in total. The maximum absolute atomic E-state index is 11.2. The van der Waals surface area contributed by atoms with Gasteiger partial charge in [-0.15, -0.1) is 0 Å². The van der Waals surface area contributed by atoms with Crippen molar-refractivity contribution in [3.63, 3.8) is 0 Å². The van der Waals surface area contributed by atoms with Gasteiger partial charge in [-0.3, -0.25) is 4.79 Å². The number of carbonyl (C=O) groups excluding carboxylic acids is 2. The van der Waals surface area contributed by atoms with E-state index in [1.165, 1.54) is 0 Å². The second-order valence-corrected chi connectivity index (χ2v) is 3.19. The van der Waals surface area contributed by atoms with E-state index in [0.29, 0.717) is 13.1 Å². The van der Waals surface area contributed by atoms with Gasteiger partial charge in [-0.1, -0.05) is 0 Å². The Morgan fingerprint density at radius 1 is 1.64 bits per heavy atom. The SMILES string of the molecule is CNC(=O)N1CCC(OCC(N)=O)C1. The van der Waals surface area contributed by atoms with Gasteiger partial charge in [-0.05, 0) is 6.42 Å². The third-order valence-electron chi connectivity index (χ3n) is 2.11. The molecule has 1 heterocycles. The Labute approximate surface area is 82.4 Å². The maximum atomic E-state index is 11.2. The van der Waals surface area contributed by atoms with Gasteiger partial charge in [0.15, 0.2) is 0 Å². The van der Waals surface area contributed by atoms with Gasteiger partial charge in [0.2, 0.25) is 5.91 Å². The van der Waals surface area contributed by atoms with Gasteiger partial charge in [0.1, 0.15) is 6.61 Å². The molecule has 14 heavy (non-hydrogen) atoms. The molecule has 1 unspecified atom stereocenters. The lowest BCUT2D eigenvalue weighted by molar-refractivity contribution is -0.124. The van der Waals surface area contributed by atoms with Crippen molar-refractivity contribution in [2.24, 2.45) is 5.73 Å². The van der Waals surface area contributed by atoms with E-state index in [9.17, 15) is 9.59 Å². The molecule has 0 aromatic carbocycles. The highest BCUT2D eigenvalue weighted by molar-refractivity contribution is 5.75. The number of rotatable bonds is 3. The van der Waals surface area contributed by atoms with Crippen LogP contribution in [-0.2, 0) is 9.53 Å². The molecule has 0 spiro atoms. The number of urea groups is 1. The highest BCUT2D eigenvalue weighted by Gasteiger charge is 2.26. The third-order valence-corrected chi connectivity index (χ3v) is 2.11. The minimum absolute atomic E-state index is 0.0696. The molecule has 0 saturated carbocycles. The van der Waals surface area contributed by atoms with Crippen LogP contribution in [0.15, 0.2) is 0 Å². The smallest absolute Gasteiger partial charge is 0.317 e. The molecule has 1 rings (SSSR count). The average molecular weight is 201 g/mol. The van der Waals surface area contributed by atoms with Crippen molar-refractivity contribution < 1.29 is 14.3 Å². The van der Waals surface area contributed by atoms with Gasteiger partial charge in [0.05, 0.1) is 6.10 Å². The third kappa shape index (κ3) is 2.88. The fraction of sp³-hybridized carbons (Fsp3) is 0.750. The number of hydrogen-bond acceptors (Lipinski definition) is 3. The molecule has 1 aliphatic rings. The number of primary amides is 1. The first-order valence-electron chi connectivity index (χ1n) is 4.50. The first-order chi connectivity index (χ1) is 6.63. The summed E-state index contributed by atoms with van der Waals surface area (Å²) in [5.41, 5.74) is 4.93. The Morgan fingerprint density at radius 2 is 2.36 bits per heavy atom. The molecule has 1 fully saturated rings. The Morgan fingerprint density at radius 3 is 2.93 bits per heavy atom. The van der Waals surface area contributed by atoms with Crippen LogP contribution in [0.5, 0.6) is 0 Å². The van der Waals surface area contributed by atoms with Gasteiger partial charge in [-0.2, -0.15) is 0 Å². The molecule has 6 heteroatoms. The van der Waals surface area contributed by atoms with Crippen molar-refractivity contribution in [1.29, 1.82) is 0 Å². The highest BCUT2D eigenvalue weighted by atomic mass is 16.5. The number of carbonyl (C=O) groups is 2. The van der Waals surface area contributed by atoms with Gasteiger partial charge in [0, 0.05) is 20.1 Å². The summed E-state index contributed by atoms with van der Waals surface area (Å²) in [6, 6.07) is -0.116. The van der Waals surface area contributed by atoms with Crippen LogP contribution in [0.4, 0.5) is 4.79 Å². The summed E-state index contributed by atoms with van der Waals surface area (Å²) in [7, 11) is 1.58. The largest absolute Gasteiger partial charge is 0.368 e. The van der Waals surface area contributed by atoms with Crippen molar-refractivity contribution in [3.8, 4) is 0 Å². The minimum Gasteiger partial charge on any atom is -0.368 e. The van der Waals surface area contributed by atoms with E-state index in [1.807, 2.05) is 0 Å². The molecule has 80 valence electrons. The summed E-state index contributed by atoms with van der Waals surface area (Å²) in [6.45, 7) is 1.10. The van der Waals surface area contributed by atoms with Crippen LogP contribution in [0.25, 0.3) is 0 Å². The first kappa shape index (κ1) is 10.8. The lowest BCUT2D eigenvalue weighted by atomic mass is 10.3. The molecule has 0 aliphatic carbocycles. The van der Waals surface area contributed by atoms with E-state index in [0.717, 1.165) is 6.42 Å². The van der Waals surface area contributed by atoms with Crippen LogP contribution in [0, 0.1) is 0 Å². The van der Waals surface area contributed by atoms with Crippen LogP contribution in [0.2, 0.25) is 0 Å². The Bertz CT molecular complexity index is 232. The highest BCUT2D eigenvalue weighted by Crippen LogP contribution is 2.12. The summed E-state index contributed by atoms with van der Waals surface area (Å²) >= 11 is 0. The number of amides is 3. The second kappa shape index (κ2) is 4.80. The van der Waals surface area contributed by atoms with Crippen LogP contribution >= 0.6 is 0 Å². The predicted molar refractivity (Wildman–Crippen MR) is 49.6 cm³/mol. The average Bonchev–Trinajstić information content (AvgIpc) is 2.62. The molecule has 0 radical (unpaired) electrons. The minimum atomic E-state index is -0.483. The van der Waals surface area contributed by atoms with Crippen molar-refractivity contribution in [2.75, 3.05) is 26.7 Å². The van der Waals surface area contributed by atoms with E-state index in [4.69, 9.17) is 10.5 Å². The Hall–Kier alpha value is -1.30. The lowest BCUT2D eigenvalue weighted by Crippen LogP contribution is -2.37. The molecule has 0 aromatic heterocycles. The monoisotopic (exact) mass is 201 g/mol. The van der Waals surface area contributed by atoms with Crippen molar-refractivity contribution in [3.05, 3.63) is 0 Å². The Balaban J connectivity index is 2.27. The van der Waals surface area contributed by atoms with Crippen LogP contribution in [0.1, 0.15) is 6.42 Å². The maximum Gasteiger partial charge on any atom is 0.317 e. The molecule has 1 atom stereocenters. The fourth-order valence-electron chi connectivity index (χ4n) is 1.41. The zero-order chi connectivity index (χ0) is 10.6. The van der Waals surface area contributed by atoms with E-state index < -0.39 is 5.91 Å². The molecular formula is C8H15N3O3. The van der Waals surface area contributed by atoms with E-state index in [2.05, 4.69) is 5.32 Å². The summed E-state index contributed by atoms with van der Waals surface area (Å²) in [6.07, 6.45) is 0.681. The van der Waals surface area contributed by atoms with Crippen molar-refractivity contribution in [2.45, 2.75) is 12.5 Å². The fourth-order valence-corrected chi connectivity index (χ4v) is 1.41. The summed E-state index contributed by atoms with van der Waals surface area (Å²) in [4.78, 5) is 23.2. The molecule has 1 saturated heterocycles. The molecule has 3 amide bonds. The summed E-state index contributed by atoms with van der Waals surface area (Å²) < 4.78 is 5.19. The van der Waals surface area contributed by atoms with Gasteiger partial charge >= 0.3 is 6.03 Å². The lowest BCUT2D eigenvalue weighted by Gasteiger charge is -2.15. The standard InChI is InChI=1S/C8H15N3O3/c1-10-8(13)11-3-2-6(4-11)14-5-7(9)12/h6H,2-5H2,1H3,(H2,9,12)(H,10,13). The van der Waals surface area contributed by atoms with Crippen molar-refractivity contribution >= 4 is 11.9 Å². The summed E-state index contributed by atoms with van der Waals surface area (Å²) in [5.74, 6) is -0.483. The molecule has 1 aliphatic heterocycles. The van der Waals surface area contributed by atoms with Gasteiger partial charge < -0.3 is 20.7 Å². The predicted octanol–water partition coefficient (Wildman–Crippen LogP) is -1.10. The topological polar surface area (TPSA) is 84.7 Å². The van der Waals surface area contributed by atoms with E-state index >= 15 is 0 Å². The Kier molecular flexibility index (Phi) is 3.70. The molecule has 0 bridgehead atoms. The quantitative estimate of drug-likeness (QED) is 0.608. The number of hydrogen-bond donors (Lipinski definition) is 2. The van der Waals surface area contributed by atoms with E-state index in [-0.39, 0.29) is 18.7 Å². The molecule has 0 aromatic rings. The number of nitrogens with zero attached hydrogens (tertiary/aromatic N) is 1. The zero-order valence-electron chi connectivity index (χ0n) is 8.16. The van der Waals surface area contributed by atoms with Crippen LogP contribution in [-0.4, -0.2) is 49.7 Å². The van der Waals surface area contributed by atoms with Crippen molar-refractivity contribution in [1.82, 2.24) is 10.2 Å². The molecular weight excluding hydrogens is 186 g/mol. The second-order valence-electron chi connectivity index (χ2n) is 3.19. The summed E-state index contributed by atoms with van der Waals surface area (Å²) in [5, 5.41) is 2.53. The van der Waals surface area contributed by atoms with Gasteiger partial charge in [0.25, 0.3) is 0 Å². The molecule has 3 N–H and O–H groups in total. The number of nitrogens with one attached hydrogen (secondary N) is 1. The van der Waals surface area contributed by atoms with Crippen LogP contribution in [0.3, 0.4) is 0 Å². The number of likely N-dealkylation sites (tertiary alicyclic amines) is 1.